The molecular weight excluding hydrogens is 228 g/mol. The maximum absolute atomic E-state index is 12.1. The van der Waals surface area contributed by atoms with Crippen LogP contribution in [0.2, 0.25) is 0 Å². The van der Waals surface area contributed by atoms with Crippen molar-refractivity contribution in [1.29, 1.82) is 0 Å². The van der Waals surface area contributed by atoms with Crippen LogP contribution in [0.3, 0.4) is 0 Å². The summed E-state index contributed by atoms with van der Waals surface area (Å²) >= 11 is 0. The smallest absolute Gasteiger partial charge is 0.243 e. The summed E-state index contributed by atoms with van der Waals surface area (Å²) < 4.78 is 0. The number of amides is 2. The number of rotatable bonds is 3. The zero-order chi connectivity index (χ0) is 13.1. The molecule has 1 heterocycles. The van der Waals surface area contributed by atoms with E-state index in [1.165, 1.54) is 19.3 Å². The molecule has 2 N–H and O–H groups in total. The second-order valence-corrected chi connectivity index (χ2v) is 6.08. The van der Waals surface area contributed by atoms with Crippen LogP contribution in [0.25, 0.3) is 0 Å². The molecule has 2 amide bonds. The molecule has 1 saturated heterocycles. The minimum Gasteiger partial charge on any atom is -0.343 e. The van der Waals surface area contributed by atoms with E-state index in [4.69, 9.17) is 0 Å². The van der Waals surface area contributed by atoms with Gasteiger partial charge < -0.3 is 10.6 Å². The molecule has 2 fully saturated rings. The molecule has 102 valence electrons. The molecule has 2 atom stereocenters. The van der Waals surface area contributed by atoms with E-state index in [9.17, 15) is 9.59 Å². The molecule has 0 bridgehead atoms. The van der Waals surface area contributed by atoms with Crippen molar-refractivity contribution >= 4 is 11.8 Å². The monoisotopic (exact) mass is 252 g/mol. The maximum Gasteiger partial charge on any atom is 0.243 e. The summed E-state index contributed by atoms with van der Waals surface area (Å²) in [5.41, 5.74) is 0. The first-order valence-electron chi connectivity index (χ1n) is 7.18. The van der Waals surface area contributed by atoms with E-state index in [0.717, 1.165) is 19.3 Å². The molecule has 4 nitrogen and oxygen atoms in total. The first kappa shape index (κ1) is 13.4. The van der Waals surface area contributed by atoms with Gasteiger partial charge in [-0.3, -0.25) is 9.59 Å². The van der Waals surface area contributed by atoms with Crippen LogP contribution in [0, 0.1) is 11.8 Å². The van der Waals surface area contributed by atoms with Crippen LogP contribution in [0.5, 0.6) is 0 Å². The van der Waals surface area contributed by atoms with Gasteiger partial charge in [-0.05, 0) is 31.1 Å². The molecule has 0 radical (unpaired) electrons. The molecule has 0 aromatic rings. The second-order valence-electron chi connectivity index (χ2n) is 6.08. The SMILES string of the molecule is CC(C)C[C@H]1NC(=O)C(C2CCCCC2)NC1=O. The standard InChI is InChI=1S/C14H24N2O2/c1-9(2)8-11-13(17)16-12(14(18)15-11)10-6-4-3-5-7-10/h9-12H,3-8H2,1-2H3,(H,15,18)(H,16,17)/t11-,12?/m1/s1. The van der Waals surface area contributed by atoms with Crippen molar-refractivity contribution in [3.8, 4) is 0 Å². The molecule has 0 aromatic carbocycles. The van der Waals surface area contributed by atoms with E-state index in [1.807, 2.05) is 0 Å². The number of hydrogen-bond acceptors (Lipinski definition) is 2. The van der Waals surface area contributed by atoms with Gasteiger partial charge in [0.1, 0.15) is 12.1 Å². The zero-order valence-electron chi connectivity index (χ0n) is 11.4. The summed E-state index contributed by atoms with van der Waals surface area (Å²) in [4.78, 5) is 24.1. The second kappa shape index (κ2) is 5.72. The molecule has 1 aliphatic heterocycles. The van der Waals surface area contributed by atoms with Gasteiger partial charge in [-0.15, -0.1) is 0 Å². The van der Waals surface area contributed by atoms with Crippen LogP contribution >= 0.6 is 0 Å². The lowest BCUT2D eigenvalue weighted by Gasteiger charge is -2.36. The number of piperazine rings is 1. The molecule has 1 aliphatic carbocycles. The van der Waals surface area contributed by atoms with Gasteiger partial charge in [-0.25, -0.2) is 0 Å². The van der Waals surface area contributed by atoms with Gasteiger partial charge in [0.2, 0.25) is 11.8 Å². The Morgan fingerprint density at radius 3 is 2.33 bits per heavy atom. The number of carbonyl (C=O) groups excluding carboxylic acids is 2. The maximum atomic E-state index is 12.1. The molecule has 2 aliphatic rings. The van der Waals surface area contributed by atoms with Crippen molar-refractivity contribution in [3.05, 3.63) is 0 Å². The largest absolute Gasteiger partial charge is 0.343 e. The number of nitrogens with one attached hydrogen (secondary N) is 2. The Labute approximate surface area is 109 Å². The number of hydrogen-bond donors (Lipinski definition) is 2. The first-order valence-corrected chi connectivity index (χ1v) is 7.18. The third-order valence-corrected chi connectivity index (χ3v) is 4.04. The van der Waals surface area contributed by atoms with Crippen LogP contribution in [-0.4, -0.2) is 23.9 Å². The molecule has 0 spiro atoms. The highest BCUT2D eigenvalue weighted by Crippen LogP contribution is 2.27. The van der Waals surface area contributed by atoms with E-state index in [1.54, 1.807) is 0 Å². The van der Waals surface area contributed by atoms with Gasteiger partial charge in [-0.2, -0.15) is 0 Å². The molecule has 0 aromatic heterocycles. The summed E-state index contributed by atoms with van der Waals surface area (Å²) in [6, 6.07) is -0.626. The third kappa shape index (κ3) is 3.03. The average Bonchev–Trinajstić information content (AvgIpc) is 2.34. The highest BCUT2D eigenvalue weighted by atomic mass is 16.2. The van der Waals surface area contributed by atoms with E-state index in [-0.39, 0.29) is 23.9 Å². The van der Waals surface area contributed by atoms with Crippen LogP contribution < -0.4 is 10.6 Å². The fraction of sp³-hybridized carbons (Fsp3) is 0.857. The van der Waals surface area contributed by atoms with Crippen molar-refractivity contribution < 1.29 is 9.59 Å². The van der Waals surface area contributed by atoms with E-state index < -0.39 is 0 Å². The Kier molecular flexibility index (Phi) is 4.25. The van der Waals surface area contributed by atoms with Crippen molar-refractivity contribution in [3.63, 3.8) is 0 Å². The predicted molar refractivity (Wildman–Crippen MR) is 69.9 cm³/mol. The predicted octanol–water partition coefficient (Wildman–Crippen LogP) is 1.60. The quantitative estimate of drug-likeness (QED) is 0.801. The van der Waals surface area contributed by atoms with Crippen molar-refractivity contribution in [1.82, 2.24) is 10.6 Å². The van der Waals surface area contributed by atoms with Crippen molar-refractivity contribution in [2.24, 2.45) is 11.8 Å². The minimum atomic E-state index is -0.336. The lowest BCUT2D eigenvalue weighted by atomic mass is 9.82. The zero-order valence-corrected chi connectivity index (χ0v) is 11.4. The number of carbonyl (C=O) groups is 2. The van der Waals surface area contributed by atoms with Crippen LogP contribution in [0.4, 0.5) is 0 Å². The fourth-order valence-corrected chi connectivity index (χ4v) is 3.08. The Morgan fingerprint density at radius 2 is 1.72 bits per heavy atom. The molecule has 1 unspecified atom stereocenters. The van der Waals surface area contributed by atoms with E-state index in [2.05, 4.69) is 24.5 Å². The fourth-order valence-electron chi connectivity index (χ4n) is 3.08. The van der Waals surface area contributed by atoms with Gasteiger partial charge in [0.05, 0.1) is 0 Å². The Balaban J connectivity index is 1.96. The van der Waals surface area contributed by atoms with Crippen LogP contribution in [0.15, 0.2) is 0 Å². The highest BCUT2D eigenvalue weighted by Gasteiger charge is 2.38. The molecule has 4 heteroatoms. The molecule has 2 rings (SSSR count). The molecule has 18 heavy (non-hydrogen) atoms. The third-order valence-electron chi connectivity index (χ3n) is 4.04. The normalized spacial score (nSPS) is 30.2. The first-order chi connectivity index (χ1) is 8.58. The molecular formula is C14H24N2O2. The Morgan fingerprint density at radius 1 is 1.06 bits per heavy atom. The lowest BCUT2D eigenvalue weighted by Crippen LogP contribution is -2.64. The van der Waals surface area contributed by atoms with Crippen LogP contribution in [0.1, 0.15) is 52.4 Å². The Bertz CT molecular complexity index is 322. The van der Waals surface area contributed by atoms with Crippen LogP contribution in [-0.2, 0) is 9.59 Å². The van der Waals surface area contributed by atoms with Gasteiger partial charge in [0, 0.05) is 0 Å². The highest BCUT2D eigenvalue weighted by molar-refractivity contribution is 5.97. The lowest BCUT2D eigenvalue weighted by molar-refractivity contribution is -0.138. The minimum absolute atomic E-state index is 0.00104. The summed E-state index contributed by atoms with van der Waals surface area (Å²) in [6.45, 7) is 4.12. The van der Waals surface area contributed by atoms with Crippen molar-refractivity contribution in [2.75, 3.05) is 0 Å². The summed E-state index contributed by atoms with van der Waals surface area (Å²) in [7, 11) is 0. The van der Waals surface area contributed by atoms with Gasteiger partial charge in [0.15, 0.2) is 0 Å². The molecule has 1 saturated carbocycles. The summed E-state index contributed by atoms with van der Waals surface area (Å²) in [6.07, 6.45) is 6.46. The van der Waals surface area contributed by atoms with E-state index >= 15 is 0 Å². The topological polar surface area (TPSA) is 58.2 Å². The van der Waals surface area contributed by atoms with Gasteiger partial charge in [0.25, 0.3) is 0 Å². The van der Waals surface area contributed by atoms with Gasteiger partial charge in [-0.1, -0.05) is 33.1 Å². The van der Waals surface area contributed by atoms with E-state index in [0.29, 0.717) is 11.8 Å². The summed E-state index contributed by atoms with van der Waals surface area (Å²) in [5, 5.41) is 5.83. The summed E-state index contributed by atoms with van der Waals surface area (Å²) in [5.74, 6) is 0.765. The van der Waals surface area contributed by atoms with Gasteiger partial charge >= 0.3 is 0 Å². The van der Waals surface area contributed by atoms with Crippen molar-refractivity contribution in [2.45, 2.75) is 64.5 Å². The average molecular weight is 252 g/mol. The Hall–Kier alpha value is -1.06.